The van der Waals surface area contributed by atoms with Crippen molar-refractivity contribution >= 4 is 23.0 Å². The Morgan fingerprint density at radius 1 is 1.35 bits per heavy atom. The fourth-order valence-corrected chi connectivity index (χ4v) is 1.94. The van der Waals surface area contributed by atoms with Crippen LogP contribution in [0.2, 0.25) is 0 Å². The van der Waals surface area contributed by atoms with Crippen LogP contribution >= 0.6 is 12.2 Å². The first-order valence-electron chi connectivity index (χ1n) is 5.45. The van der Waals surface area contributed by atoms with E-state index in [1.807, 2.05) is 42.4 Å². The predicted molar refractivity (Wildman–Crippen MR) is 71.1 cm³/mol. The van der Waals surface area contributed by atoms with Crippen molar-refractivity contribution in [3.63, 3.8) is 0 Å². The van der Waals surface area contributed by atoms with E-state index >= 15 is 0 Å². The molecular formula is C13H14N2OS. The lowest BCUT2D eigenvalue weighted by Crippen LogP contribution is -2.42. The summed E-state index contributed by atoms with van der Waals surface area (Å²) < 4.78 is 0. The fourth-order valence-electron chi connectivity index (χ4n) is 1.75. The van der Waals surface area contributed by atoms with Crippen molar-refractivity contribution < 1.29 is 4.79 Å². The Morgan fingerprint density at radius 2 is 2.06 bits per heavy atom. The molecule has 1 aromatic carbocycles. The summed E-state index contributed by atoms with van der Waals surface area (Å²) in [5.74, 6) is 0.0240. The smallest absolute Gasteiger partial charge is 0.246 e. The summed E-state index contributed by atoms with van der Waals surface area (Å²) in [7, 11) is 1.89. The minimum atomic E-state index is 0.0240. The number of benzene rings is 1. The van der Waals surface area contributed by atoms with E-state index in [9.17, 15) is 4.79 Å². The van der Waals surface area contributed by atoms with Crippen molar-refractivity contribution in [2.45, 2.75) is 13.0 Å². The molecule has 1 aliphatic heterocycles. The van der Waals surface area contributed by atoms with E-state index in [-0.39, 0.29) is 5.91 Å². The second-order valence-corrected chi connectivity index (χ2v) is 4.52. The summed E-state index contributed by atoms with van der Waals surface area (Å²) in [6.07, 6.45) is 3.86. The summed E-state index contributed by atoms with van der Waals surface area (Å²) in [5.41, 5.74) is 1.17. The highest BCUT2D eigenvalue weighted by molar-refractivity contribution is 7.80. The molecule has 1 aromatic rings. The third kappa shape index (κ3) is 2.99. The standard InChI is InChI=1S/C13H14N2OS/c1-14(10-11-5-3-2-4-6-11)15-8-7-12(17)9-13(15)16/h2-8H,9-10H2,1H3. The summed E-state index contributed by atoms with van der Waals surface area (Å²) >= 11 is 5.00. The van der Waals surface area contributed by atoms with Crippen LogP contribution in [0.1, 0.15) is 12.0 Å². The molecule has 1 aliphatic rings. The second-order valence-electron chi connectivity index (χ2n) is 4.00. The van der Waals surface area contributed by atoms with Gasteiger partial charge in [-0.25, -0.2) is 10.0 Å². The lowest BCUT2D eigenvalue weighted by molar-refractivity contribution is -0.140. The number of hydrazine groups is 1. The Balaban J connectivity index is 2.06. The van der Waals surface area contributed by atoms with E-state index < -0.39 is 0 Å². The summed E-state index contributed by atoms with van der Waals surface area (Å²) in [5, 5.41) is 3.50. The van der Waals surface area contributed by atoms with Gasteiger partial charge in [-0.3, -0.25) is 4.79 Å². The van der Waals surface area contributed by atoms with Crippen LogP contribution in [-0.4, -0.2) is 27.8 Å². The molecule has 0 aromatic heterocycles. The molecule has 88 valence electrons. The van der Waals surface area contributed by atoms with E-state index in [1.165, 1.54) is 5.56 Å². The van der Waals surface area contributed by atoms with E-state index in [0.29, 0.717) is 17.8 Å². The molecule has 0 spiro atoms. The molecule has 0 radical (unpaired) electrons. The quantitative estimate of drug-likeness (QED) is 0.764. The third-order valence-corrected chi connectivity index (χ3v) is 2.89. The minimum Gasteiger partial charge on any atom is -0.273 e. The first kappa shape index (κ1) is 12.0. The molecule has 17 heavy (non-hydrogen) atoms. The van der Waals surface area contributed by atoms with Crippen LogP contribution in [0.3, 0.4) is 0 Å². The molecule has 3 nitrogen and oxygen atoms in total. The molecule has 0 saturated heterocycles. The van der Waals surface area contributed by atoms with Gasteiger partial charge in [-0.1, -0.05) is 42.5 Å². The van der Waals surface area contributed by atoms with Crippen LogP contribution in [0, 0.1) is 0 Å². The van der Waals surface area contributed by atoms with Crippen molar-refractivity contribution in [1.82, 2.24) is 10.0 Å². The molecule has 0 bridgehead atoms. The Bertz CT molecular complexity index is 456. The lowest BCUT2D eigenvalue weighted by atomic mass is 10.2. The van der Waals surface area contributed by atoms with Gasteiger partial charge in [0.1, 0.15) is 0 Å². The van der Waals surface area contributed by atoms with Gasteiger partial charge in [0, 0.05) is 24.7 Å². The van der Waals surface area contributed by atoms with Gasteiger partial charge in [0.05, 0.1) is 6.42 Å². The number of rotatable bonds is 3. The molecular weight excluding hydrogens is 232 g/mol. The van der Waals surface area contributed by atoms with E-state index in [2.05, 4.69) is 0 Å². The normalized spacial score (nSPS) is 15.8. The maximum absolute atomic E-state index is 11.8. The maximum atomic E-state index is 11.8. The highest BCUT2D eigenvalue weighted by Gasteiger charge is 2.20. The van der Waals surface area contributed by atoms with Gasteiger partial charge in [-0.2, -0.15) is 0 Å². The van der Waals surface area contributed by atoms with Crippen LogP contribution in [0.4, 0.5) is 0 Å². The average Bonchev–Trinajstić information content (AvgIpc) is 2.30. The summed E-state index contributed by atoms with van der Waals surface area (Å²) in [6.45, 7) is 0.698. The Kier molecular flexibility index (Phi) is 3.66. The number of hydrogen-bond donors (Lipinski definition) is 0. The summed E-state index contributed by atoms with van der Waals surface area (Å²) in [6, 6.07) is 10.0. The monoisotopic (exact) mass is 246 g/mol. The zero-order chi connectivity index (χ0) is 12.3. The van der Waals surface area contributed by atoms with Gasteiger partial charge in [0.25, 0.3) is 0 Å². The number of allylic oxidation sites excluding steroid dienone is 1. The Morgan fingerprint density at radius 3 is 2.71 bits per heavy atom. The van der Waals surface area contributed by atoms with Crippen molar-refractivity contribution in [1.29, 1.82) is 0 Å². The van der Waals surface area contributed by atoms with Crippen LogP contribution in [-0.2, 0) is 11.3 Å². The van der Waals surface area contributed by atoms with Crippen LogP contribution in [0.25, 0.3) is 0 Å². The van der Waals surface area contributed by atoms with Gasteiger partial charge in [0.15, 0.2) is 0 Å². The molecule has 0 fully saturated rings. The Hall–Kier alpha value is -1.52. The number of hydrogen-bond acceptors (Lipinski definition) is 3. The van der Waals surface area contributed by atoms with E-state index in [4.69, 9.17) is 12.2 Å². The summed E-state index contributed by atoms with van der Waals surface area (Å²) in [4.78, 5) is 12.5. The fraction of sp³-hybridized carbons (Fsp3) is 0.231. The predicted octanol–water partition coefficient (Wildman–Crippen LogP) is 2.15. The highest BCUT2D eigenvalue weighted by atomic mass is 32.1. The van der Waals surface area contributed by atoms with Gasteiger partial charge in [0.2, 0.25) is 5.91 Å². The molecule has 0 unspecified atom stereocenters. The molecule has 0 atom stereocenters. The molecule has 4 heteroatoms. The zero-order valence-corrected chi connectivity index (χ0v) is 10.5. The number of amides is 1. The molecule has 0 N–H and O–H groups in total. The van der Waals surface area contributed by atoms with Crippen molar-refractivity contribution in [2.75, 3.05) is 7.05 Å². The second kappa shape index (κ2) is 5.21. The first-order chi connectivity index (χ1) is 8.16. The molecule has 0 aliphatic carbocycles. The van der Waals surface area contributed by atoms with Gasteiger partial charge < -0.3 is 0 Å². The number of carbonyl (C=O) groups is 1. The zero-order valence-electron chi connectivity index (χ0n) is 9.67. The maximum Gasteiger partial charge on any atom is 0.246 e. The van der Waals surface area contributed by atoms with Crippen LogP contribution in [0.15, 0.2) is 42.6 Å². The van der Waals surface area contributed by atoms with Crippen molar-refractivity contribution in [3.8, 4) is 0 Å². The Labute approximate surface area is 106 Å². The number of carbonyl (C=O) groups excluding carboxylic acids is 1. The van der Waals surface area contributed by atoms with Crippen LogP contribution < -0.4 is 0 Å². The van der Waals surface area contributed by atoms with Crippen molar-refractivity contribution in [3.05, 3.63) is 48.2 Å². The largest absolute Gasteiger partial charge is 0.273 e. The molecule has 1 heterocycles. The number of nitrogens with zero attached hydrogens (tertiary/aromatic N) is 2. The first-order valence-corrected chi connectivity index (χ1v) is 5.86. The van der Waals surface area contributed by atoms with Crippen molar-refractivity contribution in [2.24, 2.45) is 0 Å². The lowest BCUT2D eigenvalue weighted by Gasteiger charge is -2.31. The number of thiocarbonyl (C=S) groups is 1. The van der Waals surface area contributed by atoms with E-state index in [0.717, 1.165) is 0 Å². The molecule has 2 rings (SSSR count). The van der Waals surface area contributed by atoms with Crippen LogP contribution in [0.5, 0.6) is 0 Å². The SMILES string of the molecule is CN(Cc1ccccc1)N1C=CC(=S)CC1=O. The molecule has 0 saturated carbocycles. The highest BCUT2D eigenvalue weighted by Crippen LogP contribution is 2.12. The van der Waals surface area contributed by atoms with Gasteiger partial charge >= 0.3 is 0 Å². The average molecular weight is 246 g/mol. The van der Waals surface area contributed by atoms with Gasteiger partial charge in [-0.05, 0) is 11.6 Å². The minimum absolute atomic E-state index is 0.0240. The van der Waals surface area contributed by atoms with Gasteiger partial charge in [-0.15, -0.1) is 0 Å². The van der Waals surface area contributed by atoms with E-state index in [1.54, 1.807) is 17.3 Å². The third-order valence-electron chi connectivity index (χ3n) is 2.60. The molecule has 1 amide bonds. The topological polar surface area (TPSA) is 23.6 Å².